The van der Waals surface area contributed by atoms with E-state index in [-0.39, 0.29) is 6.10 Å². The van der Waals surface area contributed by atoms with Crippen LogP contribution in [0.25, 0.3) is 10.9 Å². The Balaban J connectivity index is 1.94. The fourth-order valence-corrected chi connectivity index (χ4v) is 2.80. The molecule has 1 aliphatic rings. The van der Waals surface area contributed by atoms with Crippen molar-refractivity contribution in [2.45, 2.75) is 37.7 Å². The zero-order chi connectivity index (χ0) is 11.7. The molecule has 2 unspecified atom stereocenters. The van der Waals surface area contributed by atoms with Gasteiger partial charge in [0.15, 0.2) is 0 Å². The quantitative estimate of drug-likeness (QED) is 0.811. The Morgan fingerprint density at radius 1 is 1.18 bits per heavy atom. The van der Waals surface area contributed by atoms with Crippen molar-refractivity contribution in [3.05, 3.63) is 42.1 Å². The van der Waals surface area contributed by atoms with Crippen molar-refractivity contribution in [1.29, 1.82) is 0 Å². The van der Waals surface area contributed by atoms with E-state index in [9.17, 15) is 5.11 Å². The molecule has 0 aliphatic heterocycles. The fraction of sp³-hybridized carbons (Fsp3) is 0.400. The van der Waals surface area contributed by atoms with Gasteiger partial charge in [0, 0.05) is 11.6 Å². The summed E-state index contributed by atoms with van der Waals surface area (Å²) in [5.74, 6) is 0.505. The highest BCUT2D eigenvalue weighted by molar-refractivity contribution is 5.79. The molecule has 1 aromatic heterocycles. The molecular formula is C15H17NO. The van der Waals surface area contributed by atoms with Gasteiger partial charge in [-0.25, -0.2) is 0 Å². The Morgan fingerprint density at radius 2 is 2.12 bits per heavy atom. The molecule has 2 aromatic rings. The molecule has 1 heterocycles. The summed E-state index contributed by atoms with van der Waals surface area (Å²) in [6.45, 7) is 0. The number of hydrogen-bond acceptors (Lipinski definition) is 2. The molecule has 2 atom stereocenters. The Bertz CT molecular complexity index is 523. The highest BCUT2D eigenvalue weighted by atomic mass is 16.3. The van der Waals surface area contributed by atoms with Crippen LogP contribution in [0.2, 0.25) is 0 Å². The number of rotatable bonds is 1. The second kappa shape index (κ2) is 4.46. The second-order valence-corrected chi connectivity index (χ2v) is 4.97. The lowest BCUT2D eigenvalue weighted by Gasteiger charge is -2.26. The van der Waals surface area contributed by atoms with Gasteiger partial charge in [0.25, 0.3) is 0 Å². The van der Waals surface area contributed by atoms with E-state index in [1.807, 2.05) is 12.3 Å². The second-order valence-electron chi connectivity index (χ2n) is 4.97. The molecule has 0 saturated heterocycles. The van der Waals surface area contributed by atoms with Crippen LogP contribution in [-0.4, -0.2) is 16.2 Å². The number of nitrogens with zero attached hydrogens (tertiary/aromatic N) is 1. The minimum absolute atomic E-state index is 0.117. The maximum Gasteiger partial charge on any atom is 0.0704 e. The fourth-order valence-electron chi connectivity index (χ4n) is 2.80. The zero-order valence-electron chi connectivity index (χ0n) is 9.84. The van der Waals surface area contributed by atoms with Crippen molar-refractivity contribution in [2.24, 2.45) is 0 Å². The molecule has 17 heavy (non-hydrogen) atoms. The molecule has 1 N–H and O–H groups in total. The lowest BCUT2D eigenvalue weighted by Crippen LogP contribution is -2.18. The van der Waals surface area contributed by atoms with Crippen LogP contribution in [0.15, 0.2) is 36.5 Å². The summed E-state index contributed by atoms with van der Waals surface area (Å²) < 4.78 is 0. The maximum absolute atomic E-state index is 9.74. The van der Waals surface area contributed by atoms with Gasteiger partial charge in [0.05, 0.1) is 11.6 Å². The molecule has 0 bridgehead atoms. The van der Waals surface area contributed by atoms with Gasteiger partial charge in [-0.15, -0.1) is 0 Å². The van der Waals surface area contributed by atoms with Crippen molar-refractivity contribution >= 4 is 10.9 Å². The number of aromatic nitrogens is 1. The molecule has 1 fully saturated rings. The van der Waals surface area contributed by atoms with E-state index < -0.39 is 0 Å². The first-order chi connectivity index (χ1) is 8.33. The Labute approximate surface area is 101 Å². The standard InChI is InChI=1S/C15H17NO/c17-14-5-1-3-12(9-14)13-7-6-11-4-2-8-16-15(11)10-13/h2,4,6-8,10,12,14,17H,1,3,5,9H2. The first kappa shape index (κ1) is 10.7. The van der Waals surface area contributed by atoms with Gasteiger partial charge in [0.2, 0.25) is 0 Å². The van der Waals surface area contributed by atoms with E-state index in [0.29, 0.717) is 5.92 Å². The van der Waals surface area contributed by atoms with Crippen molar-refractivity contribution in [3.8, 4) is 0 Å². The lowest BCUT2D eigenvalue weighted by molar-refractivity contribution is 0.119. The summed E-state index contributed by atoms with van der Waals surface area (Å²) in [6, 6.07) is 10.6. The van der Waals surface area contributed by atoms with E-state index >= 15 is 0 Å². The SMILES string of the molecule is OC1CCCC(c2ccc3cccnc3c2)C1. The highest BCUT2D eigenvalue weighted by Crippen LogP contribution is 2.33. The molecule has 0 amide bonds. The lowest BCUT2D eigenvalue weighted by atomic mass is 9.82. The molecule has 1 aromatic carbocycles. The number of hydrogen-bond donors (Lipinski definition) is 1. The molecule has 2 nitrogen and oxygen atoms in total. The van der Waals surface area contributed by atoms with Crippen LogP contribution in [0.3, 0.4) is 0 Å². The predicted octanol–water partition coefficient (Wildman–Crippen LogP) is 3.25. The first-order valence-electron chi connectivity index (χ1n) is 6.36. The van der Waals surface area contributed by atoms with Crippen LogP contribution < -0.4 is 0 Å². The summed E-state index contributed by atoms with van der Waals surface area (Å²) in [5.41, 5.74) is 2.39. The smallest absolute Gasteiger partial charge is 0.0704 e. The molecule has 88 valence electrons. The average molecular weight is 227 g/mol. The predicted molar refractivity (Wildman–Crippen MR) is 69.0 cm³/mol. The van der Waals surface area contributed by atoms with Crippen molar-refractivity contribution < 1.29 is 5.11 Å². The zero-order valence-corrected chi connectivity index (χ0v) is 9.84. The van der Waals surface area contributed by atoms with Crippen LogP contribution in [0, 0.1) is 0 Å². The number of fused-ring (bicyclic) bond motifs is 1. The topological polar surface area (TPSA) is 33.1 Å². The number of aliphatic hydroxyl groups excluding tert-OH is 1. The number of pyridine rings is 1. The molecule has 3 rings (SSSR count). The largest absolute Gasteiger partial charge is 0.393 e. The molecule has 2 heteroatoms. The van der Waals surface area contributed by atoms with E-state index in [4.69, 9.17) is 0 Å². The van der Waals surface area contributed by atoms with Gasteiger partial charge < -0.3 is 5.11 Å². The molecule has 1 aliphatic carbocycles. The van der Waals surface area contributed by atoms with Gasteiger partial charge in [-0.1, -0.05) is 24.6 Å². The van der Waals surface area contributed by atoms with Crippen LogP contribution in [0.1, 0.15) is 37.2 Å². The maximum atomic E-state index is 9.74. The van der Waals surface area contributed by atoms with E-state index in [1.165, 1.54) is 17.4 Å². The van der Waals surface area contributed by atoms with Crippen molar-refractivity contribution in [2.75, 3.05) is 0 Å². The number of aliphatic hydroxyl groups is 1. The van der Waals surface area contributed by atoms with Crippen LogP contribution in [-0.2, 0) is 0 Å². The van der Waals surface area contributed by atoms with Crippen molar-refractivity contribution in [1.82, 2.24) is 4.98 Å². The minimum atomic E-state index is -0.117. The monoisotopic (exact) mass is 227 g/mol. The summed E-state index contributed by atoms with van der Waals surface area (Å²) in [6.07, 6.45) is 5.90. The number of benzene rings is 1. The van der Waals surface area contributed by atoms with Gasteiger partial charge in [0.1, 0.15) is 0 Å². The van der Waals surface area contributed by atoms with E-state index in [2.05, 4.69) is 29.2 Å². The van der Waals surface area contributed by atoms with Crippen LogP contribution >= 0.6 is 0 Å². The Kier molecular flexibility index (Phi) is 2.81. The summed E-state index contributed by atoms with van der Waals surface area (Å²) in [5, 5.41) is 10.9. The van der Waals surface area contributed by atoms with Gasteiger partial charge >= 0.3 is 0 Å². The van der Waals surface area contributed by atoms with Gasteiger partial charge in [-0.05, 0) is 42.9 Å². The third-order valence-corrected chi connectivity index (χ3v) is 3.75. The van der Waals surface area contributed by atoms with E-state index in [1.54, 1.807) is 0 Å². The first-order valence-corrected chi connectivity index (χ1v) is 6.36. The summed E-state index contributed by atoms with van der Waals surface area (Å²) in [4.78, 5) is 4.39. The molecule has 0 radical (unpaired) electrons. The van der Waals surface area contributed by atoms with E-state index in [0.717, 1.165) is 24.8 Å². The van der Waals surface area contributed by atoms with Crippen LogP contribution in [0.5, 0.6) is 0 Å². The molecule has 0 spiro atoms. The van der Waals surface area contributed by atoms with Gasteiger partial charge in [-0.3, -0.25) is 4.98 Å². The Morgan fingerprint density at radius 3 is 3.00 bits per heavy atom. The van der Waals surface area contributed by atoms with Gasteiger partial charge in [-0.2, -0.15) is 0 Å². The highest BCUT2D eigenvalue weighted by Gasteiger charge is 2.21. The van der Waals surface area contributed by atoms with Crippen LogP contribution in [0.4, 0.5) is 0 Å². The van der Waals surface area contributed by atoms with Crippen molar-refractivity contribution in [3.63, 3.8) is 0 Å². The third kappa shape index (κ3) is 2.18. The third-order valence-electron chi connectivity index (χ3n) is 3.75. The summed E-state index contributed by atoms with van der Waals surface area (Å²) in [7, 11) is 0. The minimum Gasteiger partial charge on any atom is -0.393 e. The molecule has 1 saturated carbocycles. The Hall–Kier alpha value is -1.41. The normalized spacial score (nSPS) is 25.0. The summed E-state index contributed by atoms with van der Waals surface area (Å²) >= 11 is 0. The average Bonchev–Trinajstić information content (AvgIpc) is 2.38. The molecular weight excluding hydrogens is 210 g/mol.